The van der Waals surface area contributed by atoms with Crippen LogP contribution in [0.1, 0.15) is 25.7 Å². The first-order chi connectivity index (χ1) is 10.1. The zero-order chi connectivity index (χ0) is 15.4. The molecule has 21 heavy (non-hydrogen) atoms. The summed E-state index contributed by atoms with van der Waals surface area (Å²) < 4.78 is 35.5. The van der Waals surface area contributed by atoms with Crippen LogP contribution in [0.15, 0.2) is 0 Å². The van der Waals surface area contributed by atoms with Gasteiger partial charge in [-0.05, 0) is 0 Å². The average molecular weight is 344 g/mol. The van der Waals surface area contributed by atoms with Crippen molar-refractivity contribution in [1.82, 2.24) is 19.3 Å². The fraction of sp³-hybridized carbons (Fsp3) is 1.00. The molecule has 3 N–H and O–H groups in total. The second kappa shape index (κ2) is 11.9. The van der Waals surface area contributed by atoms with E-state index in [1.54, 1.807) is 3.38 Å². The standard InChI is InChI=1S/C12H27N4.CF3.Ti/c1-5-13-7-2-9-15-11-4-12-16-10-3-8-14-6-1;2-1(3)4;/h13-15H,1-12H2;;/q-1;;+1. The Morgan fingerprint density at radius 1 is 0.667 bits per heavy atom. The summed E-state index contributed by atoms with van der Waals surface area (Å²) in [5, 5.41) is 10.0. The van der Waals surface area contributed by atoms with E-state index in [0.717, 1.165) is 65.0 Å². The number of hydrogen-bond donors (Lipinski definition) is 3. The monoisotopic (exact) mass is 344 g/mol. The molecule has 1 aliphatic rings. The van der Waals surface area contributed by atoms with E-state index in [1.807, 2.05) is 0 Å². The summed E-state index contributed by atoms with van der Waals surface area (Å²) in [4.78, 5) is 0. The van der Waals surface area contributed by atoms with Crippen LogP contribution in [0, 0.1) is 0 Å². The van der Waals surface area contributed by atoms with Crippen LogP contribution in [-0.2, 0) is 19.4 Å². The van der Waals surface area contributed by atoms with Gasteiger partial charge in [-0.25, -0.2) is 0 Å². The van der Waals surface area contributed by atoms with E-state index in [-0.39, 0.29) is 0 Å². The van der Waals surface area contributed by atoms with Crippen molar-refractivity contribution in [3.8, 4) is 0 Å². The van der Waals surface area contributed by atoms with E-state index >= 15 is 0 Å². The molecule has 1 heterocycles. The Morgan fingerprint density at radius 3 is 1.43 bits per heavy atom. The SMILES string of the molecule is F[C](F)(F)[Ti][N]1CCCNCCCNCCCNCCC1. The van der Waals surface area contributed by atoms with Crippen molar-refractivity contribution in [2.75, 3.05) is 52.4 Å². The fourth-order valence-corrected chi connectivity index (χ4v) is 3.65. The molecule has 124 valence electrons. The van der Waals surface area contributed by atoms with Gasteiger partial charge in [-0.2, -0.15) is 0 Å². The van der Waals surface area contributed by atoms with Crippen molar-refractivity contribution >= 4 is 0 Å². The van der Waals surface area contributed by atoms with Crippen LogP contribution in [0.3, 0.4) is 0 Å². The fourth-order valence-electron chi connectivity index (χ4n) is 2.24. The molecule has 8 heteroatoms. The number of hydrogen-bond acceptors (Lipinski definition) is 4. The average Bonchev–Trinajstić information content (AvgIpc) is 2.39. The molecule has 1 saturated heterocycles. The molecule has 1 rings (SSSR count). The summed E-state index contributed by atoms with van der Waals surface area (Å²) in [5.41, 5.74) is 0. The Labute approximate surface area is 134 Å². The summed E-state index contributed by atoms with van der Waals surface area (Å²) >= 11 is -2.01. The van der Waals surface area contributed by atoms with Crippen molar-refractivity contribution < 1.29 is 32.6 Å². The van der Waals surface area contributed by atoms with Gasteiger partial charge in [0.15, 0.2) is 0 Å². The summed E-state index contributed by atoms with van der Waals surface area (Å²) in [6.07, 6.45) is 3.71. The van der Waals surface area contributed by atoms with Gasteiger partial charge in [0.2, 0.25) is 0 Å². The molecule has 0 spiro atoms. The van der Waals surface area contributed by atoms with Crippen LogP contribution >= 0.6 is 0 Å². The van der Waals surface area contributed by atoms with Gasteiger partial charge in [-0.15, -0.1) is 0 Å². The predicted molar refractivity (Wildman–Crippen MR) is 74.7 cm³/mol. The number of nitrogens with zero attached hydrogens (tertiary/aromatic N) is 1. The first kappa shape index (κ1) is 19.4. The molecule has 0 saturated carbocycles. The van der Waals surface area contributed by atoms with Gasteiger partial charge in [-0.1, -0.05) is 0 Å². The molecule has 0 unspecified atom stereocenters. The van der Waals surface area contributed by atoms with Crippen LogP contribution in [0.25, 0.3) is 0 Å². The second-order valence-corrected chi connectivity index (χ2v) is 7.48. The summed E-state index contributed by atoms with van der Waals surface area (Å²) in [5.74, 6) is 0. The normalized spacial score (nSPS) is 22.8. The molecule has 0 aromatic heterocycles. The minimum absolute atomic E-state index is 0.560. The number of rotatable bonds is 1. The molecule has 0 radical (unpaired) electrons. The first-order valence-electron chi connectivity index (χ1n) is 7.79. The molecular weight excluding hydrogens is 317 g/mol. The van der Waals surface area contributed by atoms with Gasteiger partial charge < -0.3 is 0 Å². The van der Waals surface area contributed by atoms with Crippen molar-refractivity contribution in [3.05, 3.63) is 0 Å². The van der Waals surface area contributed by atoms with Gasteiger partial charge >= 0.3 is 134 Å². The topological polar surface area (TPSA) is 39.3 Å². The number of halogens is 3. The molecule has 0 aromatic carbocycles. The zero-order valence-electron chi connectivity index (χ0n) is 12.6. The number of alkyl halides is 3. The molecule has 0 bridgehead atoms. The molecule has 0 aliphatic carbocycles. The van der Waals surface area contributed by atoms with E-state index in [1.165, 1.54) is 0 Å². The third-order valence-corrected chi connectivity index (χ3v) is 4.85. The van der Waals surface area contributed by atoms with Gasteiger partial charge in [0.25, 0.3) is 0 Å². The van der Waals surface area contributed by atoms with Gasteiger partial charge in [0.05, 0.1) is 0 Å². The summed E-state index contributed by atoms with van der Waals surface area (Å²) in [6, 6.07) is 0. The van der Waals surface area contributed by atoms with Gasteiger partial charge in [0, 0.05) is 0 Å². The number of nitrogens with one attached hydrogen (secondary N) is 3. The maximum absolute atomic E-state index is 12.6. The van der Waals surface area contributed by atoms with Crippen LogP contribution < -0.4 is 16.0 Å². The third-order valence-electron chi connectivity index (χ3n) is 3.26. The molecule has 1 aliphatic heterocycles. The molecule has 0 atom stereocenters. The van der Waals surface area contributed by atoms with E-state index in [4.69, 9.17) is 0 Å². The Morgan fingerprint density at radius 2 is 1.05 bits per heavy atom. The van der Waals surface area contributed by atoms with Crippen LogP contribution in [0.5, 0.6) is 0 Å². The third kappa shape index (κ3) is 12.6. The molecule has 4 nitrogen and oxygen atoms in total. The molecular formula is C13H27F3N4Ti. The molecule has 0 amide bonds. The van der Waals surface area contributed by atoms with Crippen LogP contribution in [0.4, 0.5) is 13.2 Å². The van der Waals surface area contributed by atoms with E-state index in [9.17, 15) is 13.2 Å². The predicted octanol–water partition coefficient (Wildman–Crippen LogP) is 1.15. The first-order valence-corrected chi connectivity index (χ1v) is 9.27. The van der Waals surface area contributed by atoms with Crippen molar-refractivity contribution in [1.29, 1.82) is 0 Å². The van der Waals surface area contributed by atoms with E-state index in [2.05, 4.69) is 16.0 Å². The summed E-state index contributed by atoms with van der Waals surface area (Å²) in [6.45, 7) is 6.59. The Kier molecular flexibility index (Phi) is 10.9. The Balaban J connectivity index is 2.31. The van der Waals surface area contributed by atoms with Gasteiger partial charge in [0.1, 0.15) is 0 Å². The minimum atomic E-state index is -3.98. The van der Waals surface area contributed by atoms with Gasteiger partial charge in [-0.3, -0.25) is 0 Å². The maximum atomic E-state index is 12.6. The molecule has 1 fully saturated rings. The molecule has 0 aromatic rings. The van der Waals surface area contributed by atoms with Crippen LogP contribution in [-0.4, -0.2) is 60.2 Å². The van der Waals surface area contributed by atoms with E-state index < -0.39 is 23.9 Å². The zero-order valence-corrected chi connectivity index (χ0v) is 14.1. The van der Waals surface area contributed by atoms with Crippen LogP contribution in [0.2, 0.25) is 0 Å². The van der Waals surface area contributed by atoms with E-state index in [0.29, 0.717) is 13.1 Å². The van der Waals surface area contributed by atoms with Crippen molar-refractivity contribution in [3.63, 3.8) is 0 Å². The Hall–Kier alpha value is 0.344. The van der Waals surface area contributed by atoms with Crippen molar-refractivity contribution in [2.45, 2.75) is 30.2 Å². The Bertz CT molecular complexity index is 238. The quantitative estimate of drug-likeness (QED) is 0.624. The van der Waals surface area contributed by atoms with Crippen molar-refractivity contribution in [2.24, 2.45) is 0 Å². The second-order valence-electron chi connectivity index (χ2n) is 5.26. The summed E-state index contributed by atoms with van der Waals surface area (Å²) in [7, 11) is 0.